The van der Waals surface area contributed by atoms with E-state index in [0.717, 1.165) is 16.6 Å². The van der Waals surface area contributed by atoms with Gasteiger partial charge >= 0.3 is 0 Å². The highest BCUT2D eigenvalue weighted by atomic mass is 19.1. The van der Waals surface area contributed by atoms with E-state index in [1.54, 1.807) is 18.2 Å². The Morgan fingerprint density at radius 1 is 1.10 bits per heavy atom. The van der Waals surface area contributed by atoms with Gasteiger partial charge in [0.15, 0.2) is 11.5 Å². The number of aromatic nitrogens is 5. The molecule has 156 valence electrons. The second-order valence-electron chi connectivity index (χ2n) is 6.98. The van der Waals surface area contributed by atoms with Crippen LogP contribution in [0.1, 0.15) is 18.2 Å². The first-order chi connectivity index (χ1) is 15.0. The molecule has 0 aliphatic heterocycles. The highest BCUT2D eigenvalue weighted by molar-refractivity contribution is 5.85. The number of imidazole rings is 1. The number of nitrogens with zero attached hydrogens (tertiary/aromatic N) is 4. The summed E-state index contributed by atoms with van der Waals surface area (Å²) in [6.07, 6.45) is 3.58. The van der Waals surface area contributed by atoms with Crippen molar-refractivity contribution in [3.05, 3.63) is 88.6 Å². The molecule has 7 nitrogen and oxygen atoms in total. The number of hydrogen-bond donors (Lipinski definition) is 2. The molecule has 0 saturated carbocycles. The SMILES string of the molecule is CCc1cc2cccc(C)c2c(=O)n1-c1ccccc1F.Nc1ncnc2nc[nH]c12. The Labute approximate surface area is 177 Å². The fraction of sp³-hybridized carbons (Fsp3) is 0.130. The van der Waals surface area contributed by atoms with Crippen LogP contribution in [0.3, 0.4) is 0 Å². The Morgan fingerprint density at radius 3 is 2.65 bits per heavy atom. The minimum absolute atomic E-state index is 0.160. The van der Waals surface area contributed by atoms with Crippen molar-refractivity contribution in [2.75, 3.05) is 5.73 Å². The zero-order valence-electron chi connectivity index (χ0n) is 17.1. The maximum atomic E-state index is 14.1. The number of anilines is 1. The summed E-state index contributed by atoms with van der Waals surface area (Å²) in [5, 5.41) is 1.56. The Kier molecular flexibility index (Phi) is 5.44. The van der Waals surface area contributed by atoms with E-state index in [-0.39, 0.29) is 11.4 Å². The van der Waals surface area contributed by atoms with Crippen molar-refractivity contribution < 1.29 is 4.39 Å². The molecule has 0 unspecified atom stereocenters. The normalized spacial score (nSPS) is 10.8. The highest BCUT2D eigenvalue weighted by Gasteiger charge is 2.14. The average Bonchev–Trinajstić information content (AvgIpc) is 3.25. The van der Waals surface area contributed by atoms with Crippen LogP contribution in [-0.2, 0) is 6.42 Å². The van der Waals surface area contributed by atoms with Crippen molar-refractivity contribution in [1.82, 2.24) is 24.5 Å². The van der Waals surface area contributed by atoms with E-state index in [9.17, 15) is 9.18 Å². The number of pyridine rings is 1. The molecule has 5 rings (SSSR count). The maximum absolute atomic E-state index is 14.1. The fourth-order valence-corrected chi connectivity index (χ4v) is 3.53. The monoisotopic (exact) mass is 416 g/mol. The van der Waals surface area contributed by atoms with Crippen molar-refractivity contribution in [1.29, 1.82) is 0 Å². The molecule has 3 heterocycles. The largest absolute Gasteiger partial charge is 0.382 e. The quantitative estimate of drug-likeness (QED) is 0.454. The van der Waals surface area contributed by atoms with Crippen LogP contribution < -0.4 is 11.3 Å². The minimum Gasteiger partial charge on any atom is -0.382 e. The van der Waals surface area contributed by atoms with Gasteiger partial charge < -0.3 is 10.7 Å². The molecule has 0 aliphatic rings. The van der Waals surface area contributed by atoms with Crippen LogP contribution in [-0.4, -0.2) is 24.5 Å². The van der Waals surface area contributed by atoms with Crippen LogP contribution >= 0.6 is 0 Å². The van der Waals surface area contributed by atoms with Crippen molar-refractivity contribution in [2.45, 2.75) is 20.3 Å². The average molecular weight is 416 g/mol. The molecule has 0 spiro atoms. The van der Waals surface area contributed by atoms with Gasteiger partial charge in [0.2, 0.25) is 0 Å². The van der Waals surface area contributed by atoms with Crippen LogP contribution in [0.15, 0.2) is 66.0 Å². The van der Waals surface area contributed by atoms with Crippen molar-refractivity contribution in [2.24, 2.45) is 0 Å². The molecule has 0 fully saturated rings. The number of rotatable bonds is 2. The minimum atomic E-state index is -0.387. The van der Waals surface area contributed by atoms with Gasteiger partial charge in [0.05, 0.1) is 17.4 Å². The van der Waals surface area contributed by atoms with Gasteiger partial charge in [-0.2, -0.15) is 0 Å². The number of nitrogens with one attached hydrogen (secondary N) is 1. The van der Waals surface area contributed by atoms with Gasteiger partial charge in [-0.15, -0.1) is 0 Å². The number of aryl methyl sites for hydroxylation is 2. The summed E-state index contributed by atoms with van der Waals surface area (Å²) in [6, 6.07) is 14.1. The van der Waals surface area contributed by atoms with E-state index < -0.39 is 0 Å². The zero-order chi connectivity index (χ0) is 22.0. The topological polar surface area (TPSA) is 102 Å². The Morgan fingerprint density at radius 2 is 1.90 bits per heavy atom. The predicted octanol–water partition coefficient (Wildman–Crippen LogP) is 3.94. The van der Waals surface area contributed by atoms with Gasteiger partial charge in [0.1, 0.15) is 17.7 Å². The van der Waals surface area contributed by atoms with Gasteiger partial charge in [-0.25, -0.2) is 19.3 Å². The van der Waals surface area contributed by atoms with Crippen molar-refractivity contribution in [3.8, 4) is 5.69 Å². The summed E-state index contributed by atoms with van der Waals surface area (Å²) in [4.78, 5) is 27.2. The molecule has 3 aromatic heterocycles. The van der Waals surface area contributed by atoms with Crippen LogP contribution in [0, 0.1) is 12.7 Å². The number of benzene rings is 2. The number of halogens is 1. The lowest BCUT2D eigenvalue weighted by Gasteiger charge is -2.15. The van der Waals surface area contributed by atoms with E-state index in [1.165, 1.54) is 23.3 Å². The predicted molar refractivity (Wildman–Crippen MR) is 120 cm³/mol. The first-order valence-electron chi connectivity index (χ1n) is 9.80. The van der Waals surface area contributed by atoms with E-state index >= 15 is 0 Å². The van der Waals surface area contributed by atoms with E-state index in [1.807, 2.05) is 38.1 Å². The molecule has 2 aromatic carbocycles. The number of H-pyrrole nitrogens is 1. The number of hydrogen-bond acceptors (Lipinski definition) is 5. The summed E-state index contributed by atoms with van der Waals surface area (Å²) in [6.45, 7) is 3.87. The molecule has 3 N–H and O–H groups in total. The standard InChI is InChI=1S/C18H16FNO.C5H5N5/c1-3-14-11-13-8-6-7-12(2)17(13)18(21)20(14)16-10-5-4-9-15(16)19;6-4-3-5(9-1-7-3)10-2-8-4/h4-11H,3H2,1-2H3;1-2H,(H3,6,7,8,9,10). The molecule has 0 aliphatic carbocycles. The second kappa shape index (κ2) is 8.35. The van der Waals surface area contributed by atoms with Crippen molar-refractivity contribution in [3.63, 3.8) is 0 Å². The number of nitrogen functional groups attached to an aromatic ring is 1. The molecule has 31 heavy (non-hydrogen) atoms. The number of para-hydroxylation sites is 1. The van der Waals surface area contributed by atoms with Gasteiger partial charge in [-0.05, 0) is 42.5 Å². The van der Waals surface area contributed by atoms with E-state index in [0.29, 0.717) is 34.5 Å². The number of nitrogens with two attached hydrogens (primary N) is 1. The zero-order valence-corrected chi connectivity index (χ0v) is 17.1. The third kappa shape index (κ3) is 3.75. The third-order valence-corrected chi connectivity index (χ3v) is 5.04. The lowest BCUT2D eigenvalue weighted by molar-refractivity contribution is 0.614. The van der Waals surface area contributed by atoms with Gasteiger partial charge in [0.25, 0.3) is 5.56 Å². The molecule has 8 heteroatoms. The Bertz CT molecular complexity index is 1440. The Hall–Kier alpha value is -4.07. The molecule has 5 aromatic rings. The van der Waals surface area contributed by atoms with Crippen LogP contribution in [0.25, 0.3) is 27.6 Å². The summed E-state index contributed by atoms with van der Waals surface area (Å²) < 4.78 is 15.6. The maximum Gasteiger partial charge on any atom is 0.263 e. The Balaban J connectivity index is 0.000000192. The van der Waals surface area contributed by atoms with E-state index in [2.05, 4.69) is 19.9 Å². The summed E-state index contributed by atoms with van der Waals surface area (Å²) >= 11 is 0. The molecular weight excluding hydrogens is 395 g/mol. The van der Waals surface area contributed by atoms with Crippen LogP contribution in [0.2, 0.25) is 0 Å². The summed E-state index contributed by atoms with van der Waals surface area (Å²) in [5.41, 5.74) is 8.65. The van der Waals surface area contributed by atoms with Gasteiger partial charge in [-0.3, -0.25) is 9.36 Å². The van der Waals surface area contributed by atoms with E-state index in [4.69, 9.17) is 5.73 Å². The van der Waals surface area contributed by atoms with Gasteiger partial charge in [-0.1, -0.05) is 37.3 Å². The van der Waals surface area contributed by atoms with Crippen LogP contribution in [0.5, 0.6) is 0 Å². The lowest BCUT2D eigenvalue weighted by Crippen LogP contribution is -2.23. The lowest BCUT2D eigenvalue weighted by atomic mass is 10.1. The molecule has 0 bridgehead atoms. The van der Waals surface area contributed by atoms with Crippen LogP contribution in [0.4, 0.5) is 10.2 Å². The molecule has 0 saturated heterocycles. The summed E-state index contributed by atoms with van der Waals surface area (Å²) in [5.74, 6) is 0.0461. The third-order valence-electron chi connectivity index (χ3n) is 5.04. The van der Waals surface area contributed by atoms with Crippen molar-refractivity contribution >= 4 is 27.8 Å². The van der Waals surface area contributed by atoms with Gasteiger partial charge in [0, 0.05) is 5.69 Å². The smallest absolute Gasteiger partial charge is 0.263 e. The molecule has 0 radical (unpaired) electrons. The molecular formula is C23H21FN6O. The fourth-order valence-electron chi connectivity index (χ4n) is 3.53. The summed E-state index contributed by atoms with van der Waals surface area (Å²) in [7, 11) is 0. The first-order valence-corrected chi connectivity index (χ1v) is 9.80. The second-order valence-corrected chi connectivity index (χ2v) is 6.98. The molecule has 0 amide bonds. The highest BCUT2D eigenvalue weighted by Crippen LogP contribution is 2.20. The number of aromatic amines is 1. The first kappa shape index (κ1) is 20.2. The number of fused-ring (bicyclic) bond motifs is 2. The molecule has 0 atom stereocenters.